The molecule has 0 fully saturated rings. The van der Waals surface area contributed by atoms with Gasteiger partial charge in [0.15, 0.2) is 15.9 Å². The normalized spacial score (nSPS) is 17.4. The molecule has 0 saturated heterocycles. The first-order valence-corrected chi connectivity index (χ1v) is 10.0. The summed E-state index contributed by atoms with van der Waals surface area (Å²) in [5.41, 5.74) is 5.14. The number of aliphatic hydroxyl groups is 1. The van der Waals surface area contributed by atoms with Gasteiger partial charge in [0.05, 0.1) is 35.3 Å². The zero-order valence-electron chi connectivity index (χ0n) is 15.3. The molecule has 0 bridgehead atoms. The smallest absolute Gasteiger partial charge is 0.179 e. The van der Waals surface area contributed by atoms with Crippen molar-refractivity contribution >= 4 is 9.84 Å². The van der Waals surface area contributed by atoms with Crippen LogP contribution >= 0.6 is 0 Å². The molecule has 0 spiro atoms. The topological polar surface area (TPSA) is 104 Å². The summed E-state index contributed by atoms with van der Waals surface area (Å²) in [7, 11) is -1.29. The largest absolute Gasteiger partial charge is 0.393 e. The molecule has 1 aliphatic rings. The second-order valence-electron chi connectivity index (χ2n) is 6.18. The number of hydrogen-bond donors (Lipinski definition) is 3. The fraction of sp³-hybridized carbons (Fsp3) is 0.471. The second-order valence-corrected chi connectivity index (χ2v) is 8.46. The maximum atomic E-state index is 11.8. The van der Waals surface area contributed by atoms with E-state index in [0.29, 0.717) is 12.4 Å². The zero-order chi connectivity index (χ0) is 19.2. The third kappa shape index (κ3) is 5.53. The standard InChI is InChI=1S/C17H26N4O4S/c1-4-26(23,24)15-5-6-16(19-9-15)17(11-22)25-20-14-7-13(2)10-21(3)12-18-8-14/h5-9,17-18,20,22H,4,10-12H2,1-3H3. The molecule has 9 heteroatoms. The van der Waals surface area contributed by atoms with Gasteiger partial charge in [-0.25, -0.2) is 8.42 Å². The van der Waals surface area contributed by atoms with Crippen LogP contribution in [0.4, 0.5) is 0 Å². The van der Waals surface area contributed by atoms with E-state index < -0.39 is 15.9 Å². The first kappa shape index (κ1) is 20.4. The van der Waals surface area contributed by atoms with Crippen LogP contribution in [-0.4, -0.2) is 56.0 Å². The minimum absolute atomic E-state index is 0.0114. The van der Waals surface area contributed by atoms with Gasteiger partial charge in [0.1, 0.15) is 0 Å². The number of aromatic nitrogens is 1. The lowest BCUT2D eigenvalue weighted by Crippen LogP contribution is -2.32. The summed E-state index contributed by atoms with van der Waals surface area (Å²) in [5.74, 6) is 0.0114. The monoisotopic (exact) mass is 382 g/mol. The van der Waals surface area contributed by atoms with E-state index in [9.17, 15) is 13.5 Å². The maximum absolute atomic E-state index is 11.8. The van der Waals surface area contributed by atoms with Crippen LogP contribution in [-0.2, 0) is 14.7 Å². The molecule has 26 heavy (non-hydrogen) atoms. The number of aliphatic hydroxyl groups excluding tert-OH is 1. The molecule has 1 atom stereocenters. The molecule has 2 rings (SSSR count). The summed E-state index contributed by atoms with van der Waals surface area (Å²) in [6, 6.07) is 3.02. The Bertz CT molecular complexity index is 759. The van der Waals surface area contributed by atoms with E-state index in [1.54, 1.807) is 19.2 Å². The molecule has 0 saturated carbocycles. The molecule has 1 aromatic rings. The summed E-state index contributed by atoms with van der Waals surface area (Å²) in [5, 5.41) is 12.7. The Labute approximate surface area is 154 Å². The van der Waals surface area contributed by atoms with Gasteiger partial charge in [-0.3, -0.25) is 20.2 Å². The van der Waals surface area contributed by atoms with Gasteiger partial charge in [-0.1, -0.05) is 12.5 Å². The van der Waals surface area contributed by atoms with Crippen molar-refractivity contribution in [2.45, 2.75) is 24.8 Å². The number of nitrogens with zero attached hydrogens (tertiary/aromatic N) is 2. The van der Waals surface area contributed by atoms with Crippen molar-refractivity contribution in [3.8, 4) is 0 Å². The van der Waals surface area contributed by atoms with Crippen molar-refractivity contribution in [2.24, 2.45) is 0 Å². The zero-order valence-corrected chi connectivity index (χ0v) is 16.1. The molecule has 1 aromatic heterocycles. The van der Waals surface area contributed by atoms with Crippen molar-refractivity contribution in [3.05, 3.63) is 47.6 Å². The van der Waals surface area contributed by atoms with Gasteiger partial charge in [-0.05, 0) is 32.2 Å². The molecule has 8 nitrogen and oxygen atoms in total. The van der Waals surface area contributed by atoms with E-state index >= 15 is 0 Å². The highest BCUT2D eigenvalue weighted by atomic mass is 32.2. The Morgan fingerprint density at radius 1 is 1.46 bits per heavy atom. The first-order chi connectivity index (χ1) is 12.4. The van der Waals surface area contributed by atoms with E-state index in [4.69, 9.17) is 4.84 Å². The van der Waals surface area contributed by atoms with Crippen LogP contribution in [0.1, 0.15) is 25.6 Å². The van der Waals surface area contributed by atoms with Crippen LogP contribution in [0.25, 0.3) is 0 Å². The van der Waals surface area contributed by atoms with Gasteiger partial charge in [-0.15, -0.1) is 0 Å². The second kappa shape index (κ2) is 9.13. The molecule has 1 unspecified atom stereocenters. The Morgan fingerprint density at radius 2 is 2.23 bits per heavy atom. The van der Waals surface area contributed by atoms with E-state index in [1.165, 1.54) is 12.3 Å². The SMILES string of the molecule is CCS(=O)(=O)c1ccc(C(CO)ONC2=CNCN(C)CC(C)=C2)nc1. The highest BCUT2D eigenvalue weighted by Crippen LogP contribution is 2.17. The van der Waals surface area contributed by atoms with Crippen LogP contribution in [0.3, 0.4) is 0 Å². The third-order valence-corrected chi connectivity index (χ3v) is 5.57. The molecule has 1 aliphatic heterocycles. The number of hydrogen-bond acceptors (Lipinski definition) is 8. The summed E-state index contributed by atoms with van der Waals surface area (Å²) in [4.78, 5) is 12.0. The molecule has 0 aromatic carbocycles. The lowest BCUT2D eigenvalue weighted by molar-refractivity contribution is -0.0395. The van der Waals surface area contributed by atoms with E-state index in [2.05, 4.69) is 20.7 Å². The van der Waals surface area contributed by atoms with Gasteiger partial charge in [-0.2, -0.15) is 0 Å². The summed E-state index contributed by atoms with van der Waals surface area (Å²) >= 11 is 0. The lowest BCUT2D eigenvalue weighted by Gasteiger charge is -2.22. The number of hydroxylamine groups is 1. The number of likely N-dealkylation sites (N-methyl/N-ethyl adjacent to an activating group) is 1. The van der Waals surface area contributed by atoms with Gasteiger partial charge >= 0.3 is 0 Å². The minimum Gasteiger partial charge on any atom is -0.393 e. The molecule has 0 aliphatic carbocycles. The predicted octanol–water partition coefficient (Wildman–Crippen LogP) is 0.710. The number of rotatable bonds is 7. The number of sulfone groups is 1. The van der Waals surface area contributed by atoms with Crippen molar-refractivity contribution < 1.29 is 18.4 Å². The molecule has 3 N–H and O–H groups in total. The fourth-order valence-electron chi connectivity index (χ4n) is 2.47. The Morgan fingerprint density at radius 3 is 2.85 bits per heavy atom. The Hall–Kier alpha value is -1.94. The Kier molecular flexibility index (Phi) is 7.15. The van der Waals surface area contributed by atoms with E-state index in [1.807, 2.05) is 20.0 Å². The van der Waals surface area contributed by atoms with E-state index in [-0.39, 0.29) is 17.3 Å². The fourth-order valence-corrected chi connectivity index (χ4v) is 3.29. The molecule has 2 heterocycles. The van der Waals surface area contributed by atoms with Crippen LogP contribution in [0.2, 0.25) is 0 Å². The number of allylic oxidation sites excluding steroid dienone is 1. The average Bonchev–Trinajstić information content (AvgIpc) is 2.60. The molecular weight excluding hydrogens is 356 g/mol. The molecule has 144 valence electrons. The first-order valence-electron chi connectivity index (χ1n) is 8.36. The molecular formula is C17H26N4O4S. The van der Waals surface area contributed by atoms with E-state index in [0.717, 1.165) is 17.8 Å². The van der Waals surface area contributed by atoms with Gasteiger partial charge in [0, 0.05) is 18.9 Å². The highest BCUT2D eigenvalue weighted by molar-refractivity contribution is 7.91. The van der Waals surface area contributed by atoms with Gasteiger partial charge < -0.3 is 10.4 Å². The minimum atomic E-state index is -3.31. The summed E-state index contributed by atoms with van der Waals surface area (Å²) in [6.07, 6.45) is 4.30. The van der Waals surface area contributed by atoms with Crippen molar-refractivity contribution in [1.82, 2.24) is 20.7 Å². The average molecular weight is 382 g/mol. The predicted molar refractivity (Wildman–Crippen MR) is 98.5 cm³/mol. The quantitative estimate of drug-likeness (QED) is 0.593. The molecule has 0 radical (unpaired) electrons. The van der Waals surface area contributed by atoms with Gasteiger partial charge in [0.2, 0.25) is 0 Å². The number of pyridine rings is 1. The third-order valence-electron chi connectivity index (χ3n) is 3.85. The lowest BCUT2D eigenvalue weighted by atomic mass is 10.2. The molecule has 0 amide bonds. The van der Waals surface area contributed by atoms with Gasteiger partial charge in [0.25, 0.3) is 0 Å². The number of nitrogens with one attached hydrogen (secondary N) is 2. The van der Waals surface area contributed by atoms with Crippen LogP contribution in [0, 0.1) is 0 Å². The van der Waals surface area contributed by atoms with Crippen molar-refractivity contribution in [3.63, 3.8) is 0 Å². The summed E-state index contributed by atoms with van der Waals surface area (Å²) in [6.45, 7) is 4.83. The summed E-state index contributed by atoms with van der Waals surface area (Å²) < 4.78 is 23.7. The van der Waals surface area contributed by atoms with Crippen molar-refractivity contribution in [1.29, 1.82) is 0 Å². The van der Waals surface area contributed by atoms with Crippen LogP contribution < -0.4 is 10.8 Å². The van der Waals surface area contributed by atoms with Crippen molar-refractivity contribution in [2.75, 3.05) is 32.6 Å². The Balaban J connectivity index is 2.05. The van der Waals surface area contributed by atoms with Crippen LogP contribution in [0.15, 0.2) is 46.8 Å². The maximum Gasteiger partial charge on any atom is 0.179 e. The highest BCUT2D eigenvalue weighted by Gasteiger charge is 2.17. The van der Waals surface area contributed by atoms with Crippen LogP contribution in [0.5, 0.6) is 0 Å².